The predicted octanol–water partition coefficient (Wildman–Crippen LogP) is 7.16. The first-order chi connectivity index (χ1) is 16.1. The minimum atomic E-state index is 0.454. The number of fused-ring (bicyclic) bond motifs is 1. The second-order valence-electron chi connectivity index (χ2n) is 8.73. The van der Waals surface area contributed by atoms with Gasteiger partial charge in [-0.2, -0.15) is 0 Å². The Morgan fingerprint density at radius 1 is 0.818 bits per heavy atom. The number of nitrogens with zero attached hydrogens (tertiary/aromatic N) is 2. The Bertz CT molecular complexity index is 1140. The maximum atomic E-state index is 6.09. The molecule has 0 aliphatic heterocycles. The molecule has 4 heteroatoms. The second kappa shape index (κ2) is 11.0. The van der Waals surface area contributed by atoms with Gasteiger partial charge in [-0.05, 0) is 72.7 Å². The summed E-state index contributed by atoms with van der Waals surface area (Å²) in [4.78, 5) is 4.84. The molecule has 1 aromatic heterocycles. The normalized spacial score (nSPS) is 11.3. The number of hydrogen-bond acceptors (Lipinski definition) is 3. The molecule has 1 heterocycles. The van der Waals surface area contributed by atoms with Gasteiger partial charge in [0.05, 0.1) is 17.6 Å². The van der Waals surface area contributed by atoms with Gasteiger partial charge >= 0.3 is 0 Å². The summed E-state index contributed by atoms with van der Waals surface area (Å²) >= 11 is 0. The topological polar surface area (TPSA) is 36.3 Å². The molecule has 0 aliphatic rings. The lowest BCUT2D eigenvalue weighted by Gasteiger charge is -2.12. The number of rotatable bonds is 11. The fourth-order valence-electron chi connectivity index (χ4n) is 3.97. The third-order valence-electron chi connectivity index (χ3n) is 6.02. The van der Waals surface area contributed by atoms with E-state index in [9.17, 15) is 0 Å². The van der Waals surface area contributed by atoms with Crippen LogP contribution in [0.3, 0.4) is 0 Å². The summed E-state index contributed by atoms with van der Waals surface area (Å²) < 4.78 is 14.3. The van der Waals surface area contributed by atoms with Crippen molar-refractivity contribution in [1.82, 2.24) is 9.55 Å². The van der Waals surface area contributed by atoms with E-state index >= 15 is 0 Å². The van der Waals surface area contributed by atoms with Crippen LogP contribution in [0.15, 0.2) is 72.8 Å². The molecular formula is C29H34N2O2. The monoisotopic (exact) mass is 442 g/mol. The number of aryl methyl sites for hydroxylation is 2. The fraction of sp³-hybridized carbons (Fsp3) is 0.345. The van der Waals surface area contributed by atoms with E-state index < -0.39 is 0 Å². The first-order valence-corrected chi connectivity index (χ1v) is 12.0. The predicted molar refractivity (Wildman–Crippen MR) is 135 cm³/mol. The van der Waals surface area contributed by atoms with Crippen LogP contribution in [0.4, 0.5) is 0 Å². The molecule has 0 saturated heterocycles. The van der Waals surface area contributed by atoms with Crippen LogP contribution in [-0.2, 0) is 19.6 Å². The molecule has 0 N–H and O–H groups in total. The molecule has 3 aromatic carbocycles. The zero-order valence-electron chi connectivity index (χ0n) is 20.0. The van der Waals surface area contributed by atoms with Crippen molar-refractivity contribution in [3.05, 3.63) is 89.7 Å². The van der Waals surface area contributed by atoms with Crippen LogP contribution in [0.2, 0.25) is 0 Å². The van der Waals surface area contributed by atoms with Crippen molar-refractivity contribution in [3.63, 3.8) is 0 Å². The summed E-state index contributed by atoms with van der Waals surface area (Å²) in [5.74, 6) is 3.29. The van der Waals surface area contributed by atoms with E-state index in [2.05, 4.69) is 79.9 Å². The standard InChI is InChI=1S/C29H34N2O2/c1-4-23-11-15-25(16-12-23)32-20-8-7-19-31-28-10-6-5-9-27(28)30-29(31)21-33-26-17-13-24(14-18-26)22(2)3/h5-6,9-18,22H,4,7-8,19-21H2,1-3H3. The first kappa shape index (κ1) is 22.9. The lowest BCUT2D eigenvalue weighted by molar-refractivity contribution is 0.285. The van der Waals surface area contributed by atoms with Gasteiger partial charge in [0.15, 0.2) is 0 Å². The molecule has 0 aliphatic carbocycles. The molecule has 4 rings (SSSR count). The minimum absolute atomic E-state index is 0.454. The molecule has 4 aromatic rings. The lowest BCUT2D eigenvalue weighted by Crippen LogP contribution is -2.09. The Kier molecular flexibility index (Phi) is 7.66. The van der Waals surface area contributed by atoms with E-state index in [-0.39, 0.29) is 0 Å². The zero-order chi connectivity index (χ0) is 23.0. The third kappa shape index (κ3) is 5.95. The minimum Gasteiger partial charge on any atom is -0.494 e. The molecule has 33 heavy (non-hydrogen) atoms. The highest BCUT2D eigenvalue weighted by atomic mass is 16.5. The molecule has 0 spiro atoms. The highest BCUT2D eigenvalue weighted by molar-refractivity contribution is 5.75. The van der Waals surface area contributed by atoms with Crippen molar-refractivity contribution in [3.8, 4) is 11.5 Å². The summed E-state index contributed by atoms with van der Waals surface area (Å²) in [6.45, 7) is 8.62. The maximum absolute atomic E-state index is 6.09. The van der Waals surface area contributed by atoms with Gasteiger partial charge in [0.1, 0.15) is 23.9 Å². The van der Waals surface area contributed by atoms with E-state index in [0.29, 0.717) is 19.1 Å². The number of hydrogen-bond donors (Lipinski definition) is 0. The Hall–Kier alpha value is -3.27. The Labute approximate surface area is 197 Å². The van der Waals surface area contributed by atoms with Crippen LogP contribution < -0.4 is 9.47 Å². The number of aromatic nitrogens is 2. The molecule has 0 unspecified atom stereocenters. The van der Waals surface area contributed by atoms with Gasteiger partial charge in [0.2, 0.25) is 0 Å². The molecule has 0 radical (unpaired) electrons. The molecule has 0 bridgehead atoms. The van der Waals surface area contributed by atoms with E-state index in [1.54, 1.807) is 0 Å². The van der Waals surface area contributed by atoms with Crippen LogP contribution in [0.25, 0.3) is 11.0 Å². The van der Waals surface area contributed by atoms with Crippen molar-refractivity contribution in [2.45, 2.75) is 59.1 Å². The van der Waals surface area contributed by atoms with Crippen molar-refractivity contribution in [1.29, 1.82) is 0 Å². The molecule has 0 fully saturated rings. The summed E-state index contributed by atoms with van der Waals surface area (Å²) in [5, 5.41) is 0. The largest absolute Gasteiger partial charge is 0.494 e. The summed E-state index contributed by atoms with van der Waals surface area (Å²) in [5.41, 5.74) is 4.82. The lowest BCUT2D eigenvalue weighted by atomic mass is 10.0. The number of unbranched alkanes of at least 4 members (excludes halogenated alkanes) is 1. The van der Waals surface area contributed by atoms with Crippen molar-refractivity contribution >= 4 is 11.0 Å². The van der Waals surface area contributed by atoms with Crippen molar-refractivity contribution in [2.75, 3.05) is 6.61 Å². The van der Waals surface area contributed by atoms with Crippen LogP contribution >= 0.6 is 0 Å². The molecule has 0 amide bonds. The molecule has 0 saturated carbocycles. The van der Waals surface area contributed by atoms with Gasteiger partial charge in [0, 0.05) is 6.54 Å². The van der Waals surface area contributed by atoms with Crippen LogP contribution in [0.5, 0.6) is 11.5 Å². The van der Waals surface area contributed by atoms with E-state index in [4.69, 9.17) is 14.5 Å². The number of imidazole rings is 1. The molecule has 0 atom stereocenters. The van der Waals surface area contributed by atoms with Crippen LogP contribution in [0, 0.1) is 0 Å². The highest BCUT2D eigenvalue weighted by Crippen LogP contribution is 2.22. The smallest absolute Gasteiger partial charge is 0.147 e. The van der Waals surface area contributed by atoms with Gasteiger partial charge in [-0.1, -0.05) is 57.2 Å². The molecule has 4 nitrogen and oxygen atoms in total. The first-order valence-electron chi connectivity index (χ1n) is 12.0. The van der Waals surface area contributed by atoms with Crippen LogP contribution in [0.1, 0.15) is 56.5 Å². The fourth-order valence-corrected chi connectivity index (χ4v) is 3.97. The molecule has 172 valence electrons. The van der Waals surface area contributed by atoms with Crippen molar-refractivity contribution in [2.24, 2.45) is 0 Å². The van der Waals surface area contributed by atoms with E-state index in [1.807, 2.05) is 18.2 Å². The SMILES string of the molecule is CCc1ccc(OCCCCn2c(COc3ccc(C(C)C)cc3)nc3ccccc32)cc1. The maximum Gasteiger partial charge on any atom is 0.147 e. The van der Waals surface area contributed by atoms with E-state index in [0.717, 1.165) is 54.2 Å². The Morgan fingerprint density at radius 3 is 2.24 bits per heavy atom. The quantitative estimate of drug-likeness (QED) is 0.231. The summed E-state index contributed by atoms with van der Waals surface area (Å²) in [6.07, 6.45) is 3.05. The molecular weight excluding hydrogens is 408 g/mol. The highest BCUT2D eigenvalue weighted by Gasteiger charge is 2.11. The van der Waals surface area contributed by atoms with Gasteiger partial charge < -0.3 is 14.0 Å². The second-order valence-corrected chi connectivity index (χ2v) is 8.73. The Morgan fingerprint density at radius 2 is 1.52 bits per heavy atom. The number of ether oxygens (including phenoxy) is 2. The van der Waals surface area contributed by atoms with Gasteiger partial charge in [0.25, 0.3) is 0 Å². The van der Waals surface area contributed by atoms with Gasteiger partial charge in [-0.15, -0.1) is 0 Å². The number of para-hydroxylation sites is 2. The van der Waals surface area contributed by atoms with Gasteiger partial charge in [-0.3, -0.25) is 0 Å². The average Bonchev–Trinajstić information content (AvgIpc) is 3.20. The number of benzene rings is 3. The van der Waals surface area contributed by atoms with Crippen molar-refractivity contribution < 1.29 is 9.47 Å². The Balaban J connectivity index is 1.35. The van der Waals surface area contributed by atoms with Crippen LogP contribution in [-0.4, -0.2) is 16.2 Å². The summed E-state index contributed by atoms with van der Waals surface area (Å²) in [6, 6.07) is 25.1. The third-order valence-corrected chi connectivity index (χ3v) is 6.02. The summed E-state index contributed by atoms with van der Waals surface area (Å²) in [7, 11) is 0. The average molecular weight is 443 g/mol. The zero-order valence-corrected chi connectivity index (χ0v) is 20.0. The van der Waals surface area contributed by atoms with E-state index in [1.165, 1.54) is 11.1 Å². The van der Waals surface area contributed by atoms with Gasteiger partial charge in [-0.25, -0.2) is 4.98 Å².